The molecule has 1 amide bonds. The van der Waals surface area contributed by atoms with Crippen LogP contribution in [-0.4, -0.2) is 80.4 Å². The Bertz CT molecular complexity index is 1430. The first-order valence-electron chi connectivity index (χ1n) is 14.8. The Morgan fingerprint density at radius 2 is 1.71 bits per heavy atom. The minimum Gasteiger partial charge on any atom is -0.493 e. The van der Waals surface area contributed by atoms with Gasteiger partial charge in [0.1, 0.15) is 5.82 Å². The van der Waals surface area contributed by atoms with E-state index in [4.69, 9.17) is 9.47 Å². The summed E-state index contributed by atoms with van der Waals surface area (Å²) in [5.74, 6) is 1.57. The number of hydrogen-bond donors (Lipinski definition) is 0. The maximum atomic E-state index is 13.3. The van der Waals surface area contributed by atoms with Gasteiger partial charge in [-0.05, 0) is 91.4 Å². The van der Waals surface area contributed by atoms with E-state index in [1.807, 2.05) is 47.5 Å². The molecule has 216 valence electrons. The molecule has 3 atom stereocenters. The molecule has 0 spiro atoms. The number of carbonyl (C=O) groups excluding carboxylic acids is 1. The molecule has 8 heteroatoms. The molecule has 2 fully saturated rings. The van der Waals surface area contributed by atoms with Crippen LogP contribution in [0, 0.1) is 11.7 Å². The zero-order valence-electron chi connectivity index (χ0n) is 24.2. The summed E-state index contributed by atoms with van der Waals surface area (Å²) < 4.78 is 25.3. The topological polar surface area (TPSA) is 57.6 Å². The van der Waals surface area contributed by atoms with E-state index in [9.17, 15) is 9.18 Å². The number of rotatable bonds is 8. The molecule has 0 bridgehead atoms. The van der Waals surface area contributed by atoms with Crippen LogP contribution in [0.3, 0.4) is 0 Å². The summed E-state index contributed by atoms with van der Waals surface area (Å²) in [5.41, 5.74) is 2.45. The summed E-state index contributed by atoms with van der Waals surface area (Å²) in [6.45, 7) is 9.70. The highest BCUT2D eigenvalue weighted by molar-refractivity contribution is 6.07. The third-order valence-corrected chi connectivity index (χ3v) is 8.81. The molecule has 0 N–H and O–H groups in total. The molecular formula is C33H39FN4O3. The predicted molar refractivity (Wildman–Crippen MR) is 162 cm³/mol. The van der Waals surface area contributed by atoms with Crippen LogP contribution in [0.4, 0.5) is 15.8 Å². The van der Waals surface area contributed by atoms with E-state index >= 15 is 0 Å². The number of hydrogen-bond acceptors (Lipinski definition) is 6. The number of methoxy groups -OCH3 is 1. The Balaban J connectivity index is 1.08. The van der Waals surface area contributed by atoms with Gasteiger partial charge < -0.3 is 19.3 Å². The van der Waals surface area contributed by atoms with Gasteiger partial charge >= 0.3 is 0 Å². The van der Waals surface area contributed by atoms with Gasteiger partial charge in [-0.1, -0.05) is 6.92 Å². The molecule has 0 aromatic heterocycles. The Hall–Kier alpha value is -3.65. The van der Waals surface area contributed by atoms with E-state index in [1.165, 1.54) is 12.1 Å². The number of benzene rings is 3. The zero-order chi connectivity index (χ0) is 28.5. The molecule has 6 rings (SSSR count). The van der Waals surface area contributed by atoms with E-state index in [2.05, 4.69) is 28.6 Å². The van der Waals surface area contributed by atoms with Crippen LogP contribution in [0.1, 0.15) is 43.5 Å². The van der Waals surface area contributed by atoms with Crippen molar-refractivity contribution >= 4 is 34.3 Å². The summed E-state index contributed by atoms with van der Waals surface area (Å²) in [4.78, 5) is 24.8. The number of aliphatic imine (C=N–C) groups is 1. The van der Waals surface area contributed by atoms with Gasteiger partial charge in [0, 0.05) is 50.7 Å². The van der Waals surface area contributed by atoms with E-state index in [0.29, 0.717) is 41.3 Å². The highest BCUT2D eigenvalue weighted by atomic mass is 19.1. The fraction of sp³-hybridized carbons (Fsp3) is 0.455. The molecule has 3 unspecified atom stereocenters. The molecule has 3 heterocycles. The number of halogens is 1. The van der Waals surface area contributed by atoms with Crippen molar-refractivity contribution in [2.75, 3.05) is 51.3 Å². The molecule has 3 aliphatic heterocycles. The second kappa shape index (κ2) is 11.7. The number of fused-ring (bicyclic) bond motifs is 3. The van der Waals surface area contributed by atoms with Crippen LogP contribution in [0.5, 0.6) is 11.5 Å². The second-order valence-corrected chi connectivity index (χ2v) is 11.7. The van der Waals surface area contributed by atoms with Crippen LogP contribution >= 0.6 is 0 Å². The number of ether oxygens (including phenoxy) is 2. The van der Waals surface area contributed by atoms with Crippen LogP contribution in [0.15, 0.2) is 53.5 Å². The highest BCUT2D eigenvalue weighted by Crippen LogP contribution is 2.38. The molecule has 0 aliphatic carbocycles. The maximum absolute atomic E-state index is 13.3. The average Bonchev–Trinajstić information content (AvgIpc) is 3.42. The molecule has 7 nitrogen and oxygen atoms in total. The molecule has 2 saturated heterocycles. The van der Waals surface area contributed by atoms with Gasteiger partial charge in [0.05, 0.1) is 31.0 Å². The van der Waals surface area contributed by atoms with E-state index in [1.54, 1.807) is 7.11 Å². The minimum absolute atomic E-state index is 0.0568. The number of anilines is 1. The first-order chi connectivity index (χ1) is 19.9. The van der Waals surface area contributed by atoms with Crippen LogP contribution in [0.25, 0.3) is 10.8 Å². The van der Waals surface area contributed by atoms with Crippen molar-refractivity contribution in [2.45, 2.75) is 45.2 Å². The van der Waals surface area contributed by atoms with E-state index < -0.39 is 0 Å². The third kappa shape index (κ3) is 5.75. The molecule has 41 heavy (non-hydrogen) atoms. The van der Waals surface area contributed by atoms with Crippen molar-refractivity contribution in [3.05, 3.63) is 59.9 Å². The van der Waals surface area contributed by atoms with Crippen molar-refractivity contribution in [2.24, 2.45) is 10.9 Å². The van der Waals surface area contributed by atoms with Crippen molar-refractivity contribution in [3.63, 3.8) is 0 Å². The Labute approximate surface area is 241 Å². The third-order valence-electron chi connectivity index (χ3n) is 8.81. The average molecular weight is 559 g/mol. The summed E-state index contributed by atoms with van der Waals surface area (Å²) in [6, 6.07) is 15.2. The summed E-state index contributed by atoms with van der Waals surface area (Å²) in [7, 11) is 1.66. The fourth-order valence-electron chi connectivity index (χ4n) is 6.47. The predicted octanol–water partition coefficient (Wildman–Crippen LogP) is 5.92. The summed E-state index contributed by atoms with van der Waals surface area (Å²) >= 11 is 0. The molecule has 3 aromatic rings. The van der Waals surface area contributed by atoms with Gasteiger partial charge in [-0.2, -0.15) is 0 Å². The smallest absolute Gasteiger partial charge is 0.256 e. The Morgan fingerprint density at radius 1 is 0.976 bits per heavy atom. The van der Waals surface area contributed by atoms with Gasteiger partial charge in [0.15, 0.2) is 11.5 Å². The normalized spacial score (nSPS) is 20.5. The number of carbonyl (C=O) groups is 1. The lowest BCUT2D eigenvalue weighted by Crippen LogP contribution is -2.50. The van der Waals surface area contributed by atoms with E-state index in [-0.39, 0.29) is 17.8 Å². The lowest BCUT2D eigenvalue weighted by molar-refractivity contribution is 0.0775. The zero-order valence-corrected chi connectivity index (χ0v) is 24.2. The van der Waals surface area contributed by atoms with Crippen LogP contribution in [-0.2, 0) is 0 Å². The van der Waals surface area contributed by atoms with Gasteiger partial charge in [-0.25, -0.2) is 4.39 Å². The monoisotopic (exact) mass is 558 g/mol. The van der Waals surface area contributed by atoms with Gasteiger partial charge in [-0.3, -0.25) is 14.7 Å². The molecule has 0 saturated carbocycles. The molecule has 0 radical (unpaired) electrons. The SMILES string of the molecule is COc1cc2cc3c(cc2cc1OCC(C)CC(C)N1CCN(c2ccc(F)cc2)CC1)C(=O)N1CCCC1C=N3. The van der Waals surface area contributed by atoms with Crippen molar-refractivity contribution in [1.82, 2.24) is 9.80 Å². The van der Waals surface area contributed by atoms with Crippen LogP contribution in [0.2, 0.25) is 0 Å². The number of nitrogens with zero attached hydrogens (tertiary/aromatic N) is 4. The minimum atomic E-state index is -0.196. The van der Waals surface area contributed by atoms with Crippen molar-refractivity contribution < 1.29 is 18.7 Å². The Morgan fingerprint density at radius 3 is 2.46 bits per heavy atom. The molecule has 3 aliphatic rings. The lowest BCUT2D eigenvalue weighted by atomic mass is 10.0. The van der Waals surface area contributed by atoms with Gasteiger partial charge in [-0.15, -0.1) is 0 Å². The number of piperazine rings is 1. The van der Waals surface area contributed by atoms with E-state index in [0.717, 1.165) is 68.4 Å². The summed E-state index contributed by atoms with van der Waals surface area (Å²) in [5, 5.41) is 1.92. The maximum Gasteiger partial charge on any atom is 0.256 e. The number of amides is 1. The quantitative estimate of drug-likeness (QED) is 0.343. The summed E-state index contributed by atoms with van der Waals surface area (Å²) in [6.07, 6.45) is 4.93. The fourth-order valence-corrected chi connectivity index (χ4v) is 6.47. The van der Waals surface area contributed by atoms with Crippen LogP contribution < -0.4 is 14.4 Å². The Kier molecular flexibility index (Phi) is 7.84. The molecular weight excluding hydrogens is 519 g/mol. The van der Waals surface area contributed by atoms with Gasteiger partial charge in [0.25, 0.3) is 5.91 Å². The standard InChI is InChI=1S/C33H39FN4O3/c1-22(15-23(2)36-11-13-37(14-12-36)27-8-6-26(34)7-9-27)21-41-32-19-24-16-29-30(17-25(24)18-31(32)40-3)35-20-28-5-4-10-38(28)33(29)39/h6-9,16-20,22-23,28H,4-5,10-15,21H2,1-3H3. The first-order valence-corrected chi connectivity index (χ1v) is 14.8. The highest BCUT2D eigenvalue weighted by Gasteiger charge is 2.32. The first kappa shape index (κ1) is 27.5. The van der Waals surface area contributed by atoms with Crippen molar-refractivity contribution in [3.8, 4) is 11.5 Å². The molecule has 3 aromatic carbocycles. The van der Waals surface area contributed by atoms with Gasteiger partial charge in [0.2, 0.25) is 0 Å². The largest absolute Gasteiger partial charge is 0.493 e. The van der Waals surface area contributed by atoms with Crippen molar-refractivity contribution in [1.29, 1.82) is 0 Å². The lowest BCUT2D eigenvalue weighted by Gasteiger charge is -2.39. The second-order valence-electron chi connectivity index (χ2n) is 11.7.